The second-order valence-corrected chi connectivity index (χ2v) is 15.9. The van der Waals surface area contributed by atoms with Crippen LogP contribution < -0.4 is 43.6 Å². The number of ether oxygens (including phenoxy) is 4. The average molecular weight is 972 g/mol. The fourth-order valence-corrected chi connectivity index (χ4v) is 7.12. The van der Waals surface area contributed by atoms with Gasteiger partial charge in [-0.1, -0.05) is 25.7 Å². The number of carbonyl (C=O) groups excluding carboxylic acids is 7. The Hall–Kier alpha value is -6.58. The maximum absolute atomic E-state index is 12.9. The number of aliphatic hydroxyl groups excluding tert-OH is 3. The molecule has 2 rings (SSSR count). The minimum Gasteiger partial charge on any atom is -0.479 e. The van der Waals surface area contributed by atoms with Crippen LogP contribution in [-0.4, -0.2) is 160 Å². The van der Waals surface area contributed by atoms with Crippen LogP contribution in [-0.2, 0) is 52.5 Å². The van der Waals surface area contributed by atoms with Crippen molar-refractivity contribution in [3.8, 4) is 0 Å². The van der Waals surface area contributed by atoms with E-state index < -0.39 is 127 Å². The second-order valence-electron chi connectivity index (χ2n) is 15.9. The molecule has 2 aliphatic heterocycles. The normalized spacial score (nSPS) is 19.3. The van der Waals surface area contributed by atoms with Crippen molar-refractivity contribution >= 4 is 59.4 Å². The summed E-state index contributed by atoms with van der Waals surface area (Å²) >= 11 is 0. The highest BCUT2D eigenvalue weighted by molar-refractivity contribution is 5.91. The van der Waals surface area contributed by atoms with Gasteiger partial charge in [0.25, 0.3) is 0 Å². The van der Waals surface area contributed by atoms with E-state index in [9.17, 15) is 68.7 Å². The van der Waals surface area contributed by atoms with Crippen LogP contribution in [0.3, 0.4) is 0 Å². The van der Waals surface area contributed by atoms with E-state index in [0.29, 0.717) is 51.4 Å². The average Bonchev–Trinajstić information content (AvgIpc) is 3.27. The maximum atomic E-state index is 12.9. The van der Waals surface area contributed by atoms with E-state index in [4.69, 9.17) is 35.8 Å². The fraction of sp³-hybridized carbons (Fsp3) is 0.659. The van der Waals surface area contributed by atoms with Crippen molar-refractivity contribution in [2.45, 2.75) is 133 Å². The molecule has 16 N–H and O–H groups in total. The lowest BCUT2D eigenvalue weighted by atomic mass is 9.92. The molecule has 0 aromatic carbocycles. The molecule has 0 aliphatic carbocycles. The predicted molar refractivity (Wildman–Crippen MR) is 233 cm³/mol. The number of hydrazine groups is 1. The number of rotatable bonds is 32. The molecule has 0 radical (unpaired) electrons. The van der Waals surface area contributed by atoms with Crippen LogP contribution in [0.15, 0.2) is 23.7 Å². The Morgan fingerprint density at radius 1 is 0.794 bits per heavy atom. The zero-order chi connectivity index (χ0) is 50.8. The summed E-state index contributed by atoms with van der Waals surface area (Å²) in [4.78, 5) is 109. The van der Waals surface area contributed by atoms with Gasteiger partial charge in [-0.2, -0.15) is 0 Å². The molecule has 0 aromatic heterocycles. The van der Waals surface area contributed by atoms with Crippen LogP contribution in [0.2, 0.25) is 0 Å². The smallest absolute Gasteiger partial charge is 0.422 e. The first-order chi connectivity index (χ1) is 32.2. The molecule has 2 heterocycles. The first-order valence-corrected chi connectivity index (χ1v) is 22.0. The number of ketones is 2. The highest BCUT2D eigenvalue weighted by atomic mass is 16.6. The van der Waals surface area contributed by atoms with E-state index in [1.807, 2.05) is 0 Å². The lowest BCUT2D eigenvalue weighted by Gasteiger charge is -2.37. The summed E-state index contributed by atoms with van der Waals surface area (Å²) < 4.78 is 21.2. The van der Waals surface area contributed by atoms with Crippen molar-refractivity contribution in [2.75, 3.05) is 32.8 Å². The number of alkyl carbamates (subject to hydrolysis) is 1. The number of carboxylic acid groups (broad SMARTS) is 2. The summed E-state index contributed by atoms with van der Waals surface area (Å²) in [5, 5.41) is 65.8. The maximum Gasteiger partial charge on any atom is 0.422 e. The van der Waals surface area contributed by atoms with E-state index in [1.165, 1.54) is 13.0 Å². The van der Waals surface area contributed by atoms with Crippen molar-refractivity contribution < 1.29 is 87.6 Å². The highest BCUT2D eigenvalue weighted by Crippen LogP contribution is 2.25. The van der Waals surface area contributed by atoms with Crippen molar-refractivity contribution in [1.82, 2.24) is 32.1 Å². The Morgan fingerprint density at radius 3 is 2.01 bits per heavy atom. The fourth-order valence-electron chi connectivity index (χ4n) is 7.12. The number of carbonyl (C=O) groups is 9. The number of Topliss-reactive ketones (excluding diaryl/α,β-unsaturated/α-hetero) is 2. The van der Waals surface area contributed by atoms with Gasteiger partial charge >= 0.3 is 24.1 Å². The van der Waals surface area contributed by atoms with Crippen LogP contribution in [0.4, 0.5) is 9.59 Å². The Labute approximate surface area is 390 Å². The van der Waals surface area contributed by atoms with Crippen molar-refractivity contribution in [3.05, 3.63) is 23.7 Å². The van der Waals surface area contributed by atoms with E-state index in [-0.39, 0.29) is 57.5 Å². The minimum absolute atomic E-state index is 0.000374. The Kier molecular flexibility index (Phi) is 25.9. The second kappa shape index (κ2) is 30.7. The van der Waals surface area contributed by atoms with E-state index in [1.54, 1.807) is 0 Å². The summed E-state index contributed by atoms with van der Waals surface area (Å²) in [5.74, 6) is -8.24. The standard InChI is InChI=1S/C41H65N9O18/c1-22(53)48-25-11-12-29(37(59)60)66-34(25)36(28(56)21-52)68-40(63)46-14-8-5-4-7-13-45-33(58)17-23(16-32(42)57)26(54)10-6-2-3-9-15-47-50-41(64)67-35(27(55)20-51)30-18-24(49-39(43)44)19-31(65-30)38(61)62/h12,19,23-25,28,30,34-36,47,51-52,56H,2-11,13-18,20-21H2,1H3,(H2,42,57)(H,45,58)(H,46,63)(H,48,53)(H,50,64)(H,59,60)(H,61,62)(H4,43,44,49)/t23?,24-,25-,28?,30?,34?,35-,36+/m1/s1. The van der Waals surface area contributed by atoms with Gasteiger partial charge in [-0.3, -0.25) is 34.8 Å². The molecule has 27 nitrogen and oxygen atoms in total. The van der Waals surface area contributed by atoms with Gasteiger partial charge in [-0.05, 0) is 44.3 Å². The van der Waals surface area contributed by atoms with Gasteiger partial charge in [-0.15, -0.1) is 0 Å². The van der Waals surface area contributed by atoms with Gasteiger partial charge in [-0.25, -0.2) is 24.6 Å². The van der Waals surface area contributed by atoms with Gasteiger partial charge in [0.05, 0.1) is 18.7 Å². The molecule has 5 amide bonds. The van der Waals surface area contributed by atoms with Crippen molar-refractivity contribution in [1.29, 1.82) is 5.41 Å². The predicted octanol–water partition coefficient (Wildman–Crippen LogP) is -2.46. The number of hydrogen-bond acceptors (Lipinski definition) is 18. The van der Waals surface area contributed by atoms with E-state index >= 15 is 0 Å². The third-order valence-corrected chi connectivity index (χ3v) is 10.4. The number of nitrogens with one attached hydrogen (secondary N) is 7. The lowest BCUT2D eigenvalue weighted by molar-refractivity contribution is -0.146. The number of carboxylic acids is 2. The van der Waals surface area contributed by atoms with Gasteiger partial charge in [0, 0.05) is 58.2 Å². The first kappa shape index (κ1) is 57.5. The molecule has 382 valence electrons. The monoisotopic (exact) mass is 971 g/mol. The Bertz CT molecular complexity index is 1830. The number of hydrogen-bond donors (Lipinski definition) is 14. The van der Waals surface area contributed by atoms with E-state index in [0.717, 1.165) is 6.08 Å². The minimum atomic E-state index is -1.70. The number of unbranched alkanes of at least 4 members (excludes halogenated alkanes) is 6. The number of nitrogens with two attached hydrogens (primary N) is 2. The zero-order valence-electron chi connectivity index (χ0n) is 37.7. The Morgan fingerprint density at radius 2 is 1.43 bits per heavy atom. The third kappa shape index (κ3) is 21.8. The topological polar surface area (TPSA) is 440 Å². The van der Waals surface area contributed by atoms with Crippen LogP contribution in [0.1, 0.15) is 90.4 Å². The van der Waals surface area contributed by atoms with Gasteiger partial charge in [0.15, 0.2) is 18.2 Å². The van der Waals surface area contributed by atoms with Gasteiger partial charge in [0.2, 0.25) is 41.1 Å². The summed E-state index contributed by atoms with van der Waals surface area (Å²) in [7, 11) is 0. The molecule has 8 atom stereocenters. The highest BCUT2D eigenvalue weighted by Gasteiger charge is 2.43. The molecule has 4 unspecified atom stereocenters. The van der Waals surface area contributed by atoms with E-state index in [2.05, 4.69) is 32.1 Å². The quantitative estimate of drug-likeness (QED) is 0.0144. The van der Waals surface area contributed by atoms with Crippen molar-refractivity contribution in [2.24, 2.45) is 17.4 Å². The molecule has 2 aliphatic rings. The molecule has 0 saturated heterocycles. The molecule has 0 spiro atoms. The van der Waals surface area contributed by atoms with Gasteiger partial charge < -0.3 is 77.2 Å². The van der Waals surface area contributed by atoms with Crippen LogP contribution in [0.5, 0.6) is 0 Å². The van der Waals surface area contributed by atoms with Gasteiger partial charge in [0.1, 0.15) is 24.6 Å². The SMILES string of the molecule is CC(=O)N[C@@H]1CC=C(C(=O)O)OC1[C@@H](OC(=O)NCCCCCCNC(=O)CC(CC(N)=O)C(=O)CCCCCCNNC(=O)O[C@H](C(=O)CO)C1C[C@@H](NC(=N)N)C=C(C(=O)O)O1)C(O)CO. The molecule has 27 heteroatoms. The molecule has 0 fully saturated rings. The molecule has 0 saturated carbocycles. The van der Waals surface area contributed by atoms with Crippen molar-refractivity contribution in [3.63, 3.8) is 0 Å². The summed E-state index contributed by atoms with van der Waals surface area (Å²) in [6.07, 6.45) is -3.42. The zero-order valence-corrected chi connectivity index (χ0v) is 37.7. The molecule has 0 aromatic rings. The number of guanidine groups is 1. The number of amides is 5. The molecule has 0 bridgehead atoms. The summed E-state index contributed by atoms with van der Waals surface area (Å²) in [5.41, 5.74) is 15.5. The molecule has 68 heavy (non-hydrogen) atoms. The molecular formula is C41H65N9O18. The number of aliphatic hydroxyl groups is 3. The summed E-state index contributed by atoms with van der Waals surface area (Å²) in [6, 6.07) is -1.72. The summed E-state index contributed by atoms with van der Waals surface area (Å²) in [6.45, 7) is -0.00931. The lowest BCUT2D eigenvalue weighted by Crippen LogP contribution is -2.56. The third-order valence-electron chi connectivity index (χ3n) is 10.4. The van der Waals surface area contributed by atoms with Crippen LogP contribution in [0, 0.1) is 11.3 Å². The number of aliphatic carboxylic acids is 2. The van der Waals surface area contributed by atoms with Crippen LogP contribution >= 0.6 is 0 Å². The number of primary amides is 1. The van der Waals surface area contributed by atoms with Crippen LogP contribution in [0.25, 0.3) is 0 Å². The Balaban J connectivity index is 1.67. The largest absolute Gasteiger partial charge is 0.479 e. The first-order valence-electron chi connectivity index (χ1n) is 22.0. The molecular weight excluding hydrogens is 906 g/mol.